The van der Waals surface area contributed by atoms with Crippen molar-refractivity contribution < 1.29 is 4.79 Å². The second-order valence-electron chi connectivity index (χ2n) is 7.44. The lowest BCUT2D eigenvalue weighted by atomic mass is 10.1. The number of amides is 1. The summed E-state index contributed by atoms with van der Waals surface area (Å²) >= 11 is 0. The van der Waals surface area contributed by atoms with Crippen molar-refractivity contribution in [1.29, 1.82) is 0 Å². The summed E-state index contributed by atoms with van der Waals surface area (Å²) in [6.45, 7) is 4.50. The normalized spacial score (nSPS) is 16.8. The molecule has 1 aliphatic rings. The maximum absolute atomic E-state index is 12.9. The van der Waals surface area contributed by atoms with Crippen LogP contribution in [-0.4, -0.2) is 45.7 Å². The van der Waals surface area contributed by atoms with E-state index < -0.39 is 0 Å². The van der Waals surface area contributed by atoms with E-state index in [-0.39, 0.29) is 5.91 Å². The van der Waals surface area contributed by atoms with E-state index in [0.717, 1.165) is 47.0 Å². The molecule has 1 fully saturated rings. The minimum absolute atomic E-state index is 0.112. The number of aromatic nitrogens is 4. The topological polar surface area (TPSA) is 98.5 Å². The van der Waals surface area contributed by atoms with Crippen molar-refractivity contribution in [3.05, 3.63) is 47.7 Å². The summed E-state index contributed by atoms with van der Waals surface area (Å²) in [4.78, 5) is 20.9. The first-order chi connectivity index (χ1) is 13.7. The van der Waals surface area contributed by atoms with E-state index in [1.54, 1.807) is 0 Å². The molecule has 1 saturated heterocycles. The van der Waals surface area contributed by atoms with Crippen molar-refractivity contribution in [2.45, 2.75) is 13.3 Å². The van der Waals surface area contributed by atoms with Crippen LogP contribution >= 0.6 is 0 Å². The van der Waals surface area contributed by atoms with Gasteiger partial charge in [0.15, 0.2) is 5.82 Å². The summed E-state index contributed by atoms with van der Waals surface area (Å²) in [5.41, 5.74) is 3.63. The molecule has 5 rings (SSSR count). The summed E-state index contributed by atoms with van der Waals surface area (Å²) in [5.74, 6) is 0.972. The van der Waals surface area contributed by atoms with Crippen LogP contribution in [0.4, 0.5) is 0 Å². The maximum atomic E-state index is 12.9. The van der Waals surface area contributed by atoms with Crippen LogP contribution in [0.5, 0.6) is 0 Å². The fraction of sp³-hybridized carbons (Fsp3) is 0.286. The molecule has 1 aliphatic heterocycles. The molecular weight excluding hydrogens is 352 g/mol. The Morgan fingerprint density at radius 1 is 1.25 bits per heavy atom. The molecule has 2 aromatic heterocycles. The van der Waals surface area contributed by atoms with Crippen LogP contribution < -0.4 is 10.6 Å². The lowest BCUT2D eigenvalue weighted by molar-refractivity contribution is 0.0948. The summed E-state index contributed by atoms with van der Waals surface area (Å²) in [6, 6.07) is 12.3. The average molecular weight is 374 g/mol. The van der Waals surface area contributed by atoms with Gasteiger partial charge in [0.25, 0.3) is 5.91 Å². The van der Waals surface area contributed by atoms with E-state index in [2.05, 4.69) is 50.1 Å². The predicted molar refractivity (Wildman–Crippen MR) is 109 cm³/mol. The second kappa shape index (κ2) is 6.76. The molecule has 2 aromatic carbocycles. The quantitative estimate of drug-likeness (QED) is 0.441. The zero-order valence-electron chi connectivity index (χ0n) is 15.7. The number of nitrogens with one attached hydrogen (secondary N) is 4. The van der Waals surface area contributed by atoms with Gasteiger partial charge >= 0.3 is 0 Å². The van der Waals surface area contributed by atoms with Crippen LogP contribution in [0.25, 0.3) is 33.3 Å². The zero-order valence-corrected chi connectivity index (χ0v) is 15.7. The van der Waals surface area contributed by atoms with Gasteiger partial charge in [0.1, 0.15) is 5.69 Å². The van der Waals surface area contributed by atoms with Crippen LogP contribution in [0.1, 0.15) is 22.5 Å². The SMILES string of the molecule is Cc1[nH]nc(-c2nc3cc4ccccc4cc3[nH]2)c1C(=O)NCC1CCNC1. The molecule has 0 bridgehead atoms. The van der Waals surface area contributed by atoms with E-state index in [1.165, 1.54) is 0 Å². The molecule has 4 aromatic rings. The number of benzene rings is 2. The third-order valence-corrected chi connectivity index (χ3v) is 5.46. The Hall–Kier alpha value is -3.19. The van der Waals surface area contributed by atoms with E-state index in [4.69, 9.17) is 4.98 Å². The van der Waals surface area contributed by atoms with Gasteiger partial charge in [-0.1, -0.05) is 24.3 Å². The molecule has 28 heavy (non-hydrogen) atoms. The van der Waals surface area contributed by atoms with Gasteiger partial charge in [0.05, 0.1) is 16.6 Å². The lowest BCUT2D eigenvalue weighted by Crippen LogP contribution is -2.30. The summed E-state index contributed by atoms with van der Waals surface area (Å²) < 4.78 is 0. The van der Waals surface area contributed by atoms with Gasteiger partial charge in [-0.05, 0) is 55.3 Å². The largest absolute Gasteiger partial charge is 0.352 e. The fourth-order valence-electron chi connectivity index (χ4n) is 3.90. The maximum Gasteiger partial charge on any atom is 0.255 e. The van der Waals surface area contributed by atoms with Crippen LogP contribution in [0, 0.1) is 12.8 Å². The standard InChI is InChI=1S/C21H22N6O/c1-12-18(21(28)23-11-13-6-7-22-10-13)19(27-26-12)20-24-16-8-14-4-2-3-5-15(14)9-17(16)25-20/h2-5,8-9,13,22H,6-7,10-11H2,1H3,(H,23,28)(H,24,25)(H,26,27). The Labute approximate surface area is 161 Å². The fourth-order valence-corrected chi connectivity index (χ4v) is 3.90. The zero-order chi connectivity index (χ0) is 19.1. The van der Waals surface area contributed by atoms with Gasteiger partial charge in [-0.15, -0.1) is 0 Å². The number of carbonyl (C=O) groups excluding carboxylic acids is 1. The lowest BCUT2D eigenvalue weighted by Gasteiger charge is -2.10. The summed E-state index contributed by atoms with van der Waals surface area (Å²) in [7, 11) is 0. The molecule has 7 heteroatoms. The molecule has 7 nitrogen and oxygen atoms in total. The highest BCUT2D eigenvalue weighted by Crippen LogP contribution is 2.27. The number of hydrogen-bond acceptors (Lipinski definition) is 4. The number of rotatable bonds is 4. The Morgan fingerprint density at radius 2 is 2.07 bits per heavy atom. The minimum Gasteiger partial charge on any atom is -0.352 e. The summed E-state index contributed by atoms with van der Waals surface area (Å²) in [6.07, 6.45) is 1.09. The highest BCUT2D eigenvalue weighted by Gasteiger charge is 2.23. The highest BCUT2D eigenvalue weighted by molar-refractivity contribution is 6.01. The Kier molecular flexibility index (Phi) is 4.09. The molecular formula is C21H22N6O. The molecule has 1 unspecified atom stereocenters. The predicted octanol–water partition coefficient (Wildman–Crippen LogP) is 2.75. The third kappa shape index (κ3) is 2.93. The van der Waals surface area contributed by atoms with Crippen LogP contribution in [-0.2, 0) is 0 Å². The Bertz CT molecular complexity index is 1120. The summed E-state index contributed by atoms with van der Waals surface area (Å²) in [5, 5.41) is 16.0. The number of H-pyrrole nitrogens is 2. The molecule has 1 atom stereocenters. The molecule has 0 aliphatic carbocycles. The molecule has 142 valence electrons. The number of imidazole rings is 1. The van der Waals surface area contributed by atoms with Crippen molar-refractivity contribution in [2.24, 2.45) is 5.92 Å². The van der Waals surface area contributed by atoms with E-state index >= 15 is 0 Å². The van der Waals surface area contributed by atoms with Crippen molar-refractivity contribution in [1.82, 2.24) is 30.8 Å². The number of aryl methyl sites for hydroxylation is 1. The number of nitrogens with zero attached hydrogens (tertiary/aromatic N) is 2. The monoisotopic (exact) mass is 374 g/mol. The van der Waals surface area contributed by atoms with Crippen molar-refractivity contribution >= 4 is 27.7 Å². The van der Waals surface area contributed by atoms with Gasteiger partial charge in [0, 0.05) is 12.2 Å². The van der Waals surface area contributed by atoms with Gasteiger partial charge < -0.3 is 15.6 Å². The highest BCUT2D eigenvalue weighted by atomic mass is 16.1. The first-order valence-corrected chi connectivity index (χ1v) is 9.62. The molecule has 0 saturated carbocycles. The molecule has 1 amide bonds. The minimum atomic E-state index is -0.112. The molecule has 0 spiro atoms. The van der Waals surface area contributed by atoms with Crippen molar-refractivity contribution in [3.8, 4) is 11.5 Å². The van der Waals surface area contributed by atoms with Gasteiger partial charge in [-0.3, -0.25) is 9.89 Å². The van der Waals surface area contributed by atoms with E-state index in [9.17, 15) is 4.79 Å². The van der Waals surface area contributed by atoms with Gasteiger partial charge in [-0.25, -0.2) is 4.98 Å². The molecule has 0 radical (unpaired) electrons. The first-order valence-electron chi connectivity index (χ1n) is 9.62. The number of aromatic amines is 2. The Morgan fingerprint density at radius 3 is 2.86 bits per heavy atom. The molecule has 4 N–H and O–H groups in total. The number of hydrogen-bond donors (Lipinski definition) is 4. The molecule has 3 heterocycles. The average Bonchev–Trinajstić information content (AvgIpc) is 3.43. The van der Waals surface area contributed by atoms with E-state index in [0.29, 0.717) is 29.5 Å². The van der Waals surface area contributed by atoms with Crippen LogP contribution in [0.15, 0.2) is 36.4 Å². The third-order valence-electron chi connectivity index (χ3n) is 5.46. The van der Waals surface area contributed by atoms with Gasteiger partial charge in [-0.2, -0.15) is 5.10 Å². The number of carbonyl (C=O) groups is 1. The Balaban J connectivity index is 1.49. The van der Waals surface area contributed by atoms with Gasteiger partial charge in [0.2, 0.25) is 0 Å². The number of fused-ring (bicyclic) bond motifs is 2. The van der Waals surface area contributed by atoms with Crippen molar-refractivity contribution in [2.75, 3.05) is 19.6 Å². The van der Waals surface area contributed by atoms with Crippen molar-refractivity contribution in [3.63, 3.8) is 0 Å². The second-order valence-corrected chi connectivity index (χ2v) is 7.44. The van der Waals surface area contributed by atoms with E-state index in [1.807, 2.05) is 19.1 Å². The van der Waals surface area contributed by atoms with Crippen LogP contribution in [0.2, 0.25) is 0 Å². The first kappa shape index (κ1) is 16.9. The van der Waals surface area contributed by atoms with Crippen LogP contribution in [0.3, 0.4) is 0 Å². The smallest absolute Gasteiger partial charge is 0.255 e.